The number of carbonyl (C=O) groups excluding carboxylic acids is 1. The summed E-state index contributed by atoms with van der Waals surface area (Å²) in [5, 5.41) is 0. The van der Waals surface area contributed by atoms with Crippen molar-refractivity contribution in [3.8, 4) is 0 Å². The summed E-state index contributed by atoms with van der Waals surface area (Å²) < 4.78 is 0. The van der Waals surface area contributed by atoms with Gasteiger partial charge in [0.05, 0.1) is 5.54 Å². The van der Waals surface area contributed by atoms with Crippen LogP contribution in [0.2, 0.25) is 0 Å². The fourth-order valence-electron chi connectivity index (χ4n) is 3.61. The lowest BCUT2D eigenvalue weighted by atomic mass is 9.76. The average Bonchev–Trinajstić information content (AvgIpc) is 3.29. The number of hydrogen-bond acceptors (Lipinski definition) is 2. The van der Waals surface area contributed by atoms with Gasteiger partial charge in [-0.3, -0.25) is 4.79 Å². The first-order chi connectivity index (χ1) is 10.1. The van der Waals surface area contributed by atoms with Crippen LogP contribution in [0.25, 0.3) is 0 Å². The summed E-state index contributed by atoms with van der Waals surface area (Å²) >= 11 is 0. The predicted octanol–water partition coefficient (Wildman–Crippen LogP) is 3.09. The minimum absolute atomic E-state index is 0.181. The fraction of sp³-hybridized carbons (Fsp3) is 0.611. The number of hydrogen-bond donors (Lipinski definition) is 1. The molecular formula is C18H26N2O. The van der Waals surface area contributed by atoms with Gasteiger partial charge in [-0.05, 0) is 37.2 Å². The third-order valence-electron chi connectivity index (χ3n) is 4.90. The minimum Gasteiger partial charge on any atom is -0.334 e. The van der Waals surface area contributed by atoms with Crippen LogP contribution in [0.4, 0.5) is 0 Å². The molecule has 3 heteroatoms. The zero-order valence-electron chi connectivity index (χ0n) is 12.9. The highest BCUT2D eigenvalue weighted by Crippen LogP contribution is 2.36. The number of rotatable bonds is 4. The van der Waals surface area contributed by atoms with Crippen molar-refractivity contribution in [2.45, 2.75) is 63.6 Å². The van der Waals surface area contributed by atoms with Crippen LogP contribution in [-0.4, -0.2) is 22.4 Å². The van der Waals surface area contributed by atoms with Gasteiger partial charge in [0.15, 0.2) is 0 Å². The van der Waals surface area contributed by atoms with E-state index in [0.717, 1.165) is 32.1 Å². The molecule has 0 bridgehead atoms. The number of amides is 1. The Balaban J connectivity index is 1.76. The lowest BCUT2D eigenvalue weighted by Crippen LogP contribution is -2.57. The Hall–Kier alpha value is -1.35. The number of carbonyl (C=O) groups is 1. The summed E-state index contributed by atoms with van der Waals surface area (Å²) in [5.41, 5.74) is 7.09. The molecule has 1 aromatic rings. The van der Waals surface area contributed by atoms with Crippen LogP contribution in [0.15, 0.2) is 30.3 Å². The van der Waals surface area contributed by atoms with Gasteiger partial charge in [-0.1, -0.05) is 50.1 Å². The van der Waals surface area contributed by atoms with Crippen LogP contribution in [0.5, 0.6) is 0 Å². The van der Waals surface area contributed by atoms with Gasteiger partial charge < -0.3 is 10.6 Å². The van der Waals surface area contributed by atoms with E-state index in [1.165, 1.54) is 12.0 Å². The first-order valence-electron chi connectivity index (χ1n) is 8.22. The van der Waals surface area contributed by atoms with Crippen LogP contribution < -0.4 is 5.73 Å². The number of nitrogens with two attached hydrogens (primary N) is 1. The second-order valence-corrected chi connectivity index (χ2v) is 7.01. The Bertz CT molecular complexity index is 497. The minimum atomic E-state index is -0.630. The van der Waals surface area contributed by atoms with Crippen LogP contribution >= 0.6 is 0 Å². The molecule has 114 valence electrons. The zero-order chi connectivity index (χ0) is 14.9. The number of nitrogens with zero attached hydrogens (tertiary/aromatic N) is 1. The summed E-state index contributed by atoms with van der Waals surface area (Å²) in [4.78, 5) is 15.1. The molecule has 3 nitrogen and oxygen atoms in total. The molecule has 0 spiro atoms. The second kappa shape index (κ2) is 5.80. The highest BCUT2D eigenvalue weighted by molar-refractivity contribution is 5.86. The van der Waals surface area contributed by atoms with E-state index in [9.17, 15) is 4.79 Å². The Morgan fingerprint density at radius 3 is 2.62 bits per heavy atom. The molecule has 0 saturated heterocycles. The molecule has 0 heterocycles. The van der Waals surface area contributed by atoms with E-state index >= 15 is 0 Å². The molecule has 2 atom stereocenters. The molecule has 2 unspecified atom stereocenters. The first-order valence-corrected chi connectivity index (χ1v) is 8.22. The van der Waals surface area contributed by atoms with Crippen molar-refractivity contribution in [1.29, 1.82) is 0 Å². The van der Waals surface area contributed by atoms with Gasteiger partial charge in [0.1, 0.15) is 0 Å². The van der Waals surface area contributed by atoms with E-state index in [4.69, 9.17) is 5.73 Å². The third kappa shape index (κ3) is 3.29. The Morgan fingerprint density at radius 1 is 1.29 bits per heavy atom. The SMILES string of the molecule is CC1CCCC(N)(C(=O)N(Cc2ccccc2)C2CC2)C1. The molecule has 1 amide bonds. The van der Waals surface area contributed by atoms with E-state index in [2.05, 4.69) is 19.1 Å². The molecule has 2 aliphatic carbocycles. The van der Waals surface area contributed by atoms with Crippen LogP contribution in [0, 0.1) is 5.92 Å². The molecule has 0 radical (unpaired) electrons. The van der Waals surface area contributed by atoms with Crippen LogP contribution in [0.1, 0.15) is 51.0 Å². The quantitative estimate of drug-likeness (QED) is 0.924. The molecule has 0 aromatic heterocycles. The summed E-state index contributed by atoms with van der Waals surface area (Å²) in [6, 6.07) is 10.7. The van der Waals surface area contributed by atoms with Crippen molar-refractivity contribution >= 4 is 5.91 Å². The summed E-state index contributed by atoms with van der Waals surface area (Å²) in [6.07, 6.45) is 6.22. The Morgan fingerprint density at radius 2 is 2.00 bits per heavy atom. The molecular weight excluding hydrogens is 260 g/mol. The van der Waals surface area contributed by atoms with E-state index in [1.807, 2.05) is 23.1 Å². The molecule has 2 N–H and O–H groups in total. The molecule has 2 aliphatic rings. The van der Waals surface area contributed by atoms with Gasteiger partial charge in [0, 0.05) is 12.6 Å². The van der Waals surface area contributed by atoms with Gasteiger partial charge in [0.25, 0.3) is 0 Å². The van der Waals surface area contributed by atoms with Crippen molar-refractivity contribution in [3.05, 3.63) is 35.9 Å². The van der Waals surface area contributed by atoms with E-state index < -0.39 is 5.54 Å². The van der Waals surface area contributed by atoms with Crippen LogP contribution in [0.3, 0.4) is 0 Å². The Labute approximate surface area is 127 Å². The molecule has 1 aromatic carbocycles. The molecule has 2 fully saturated rings. The fourth-order valence-corrected chi connectivity index (χ4v) is 3.61. The lowest BCUT2D eigenvalue weighted by molar-refractivity contribution is -0.140. The molecule has 3 rings (SSSR count). The second-order valence-electron chi connectivity index (χ2n) is 7.01. The maximum absolute atomic E-state index is 13.1. The van der Waals surface area contributed by atoms with Crippen molar-refractivity contribution in [3.63, 3.8) is 0 Å². The van der Waals surface area contributed by atoms with Crippen molar-refractivity contribution in [2.24, 2.45) is 11.7 Å². The largest absolute Gasteiger partial charge is 0.334 e. The smallest absolute Gasteiger partial charge is 0.243 e. The standard InChI is InChI=1S/C18H26N2O/c1-14-6-5-11-18(19,12-14)17(21)20(16-9-10-16)13-15-7-3-2-4-8-15/h2-4,7-8,14,16H,5-6,9-13,19H2,1H3. The number of benzene rings is 1. The molecule has 0 aliphatic heterocycles. The van der Waals surface area contributed by atoms with Gasteiger partial charge >= 0.3 is 0 Å². The maximum atomic E-state index is 13.1. The van der Waals surface area contributed by atoms with Crippen LogP contribution in [-0.2, 0) is 11.3 Å². The third-order valence-corrected chi connectivity index (χ3v) is 4.90. The van der Waals surface area contributed by atoms with Crippen molar-refractivity contribution in [1.82, 2.24) is 4.90 Å². The topological polar surface area (TPSA) is 46.3 Å². The van der Waals surface area contributed by atoms with E-state index in [1.54, 1.807) is 0 Å². The van der Waals surface area contributed by atoms with Crippen molar-refractivity contribution in [2.75, 3.05) is 0 Å². The zero-order valence-corrected chi connectivity index (χ0v) is 12.9. The molecule has 21 heavy (non-hydrogen) atoms. The molecule has 2 saturated carbocycles. The predicted molar refractivity (Wildman–Crippen MR) is 84.6 cm³/mol. The summed E-state index contributed by atoms with van der Waals surface area (Å²) in [6.45, 7) is 2.92. The van der Waals surface area contributed by atoms with Gasteiger partial charge in [-0.15, -0.1) is 0 Å². The normalized spacial score (nSPS) is 29.1. The summed E-state index contributed by atoms with van der Waals surface area (Å²) in [5.74, 6) is 0.742. The van der Waals surface area contributed by atoms with E-state index in [0.29, 0.717) is 18.5 Å². The van der Waals surface area contributed by atoms with Gasteiger partial charge in [-0.25, -0.2) is 0 Å². The lowest BCUT2D eigenvalue weighted by Gasteiger charge is -2.39. The highest BCUT2D eigenvalue weighted by atomic mass is 16.2. The monoisotopic (exact) mass is 286 g/mol. The van der Waals surface area contributed by atoms with Gasteiger partial charge in [-0.2, -0.15) is 0 Å². The van der Waals surface area contributed by atoms with Gasteiger partial charge in [0.2, 0.25) is 5.91 Å². The Kier molecular flexibility index (Phi) is 4.03. The summed E-state index contributed by atoms with van der Waals surface area (Å²) in [7, 11) is 0. The highest BCUT2D eigenvalue weighted by Gasteiger charge is 2.44. The van der Waals surface area contributed by atoms with Crippen molar-refractivity contribution < 1.29 is 4.79 Å². The first kappa shape index (κ1) is 14.6. The maximum Gasteiger partial charge on any atom is 0.243 e. The average molecular weight is 286 g/mol. The van der Waals surface area contributed by atoms with E-state index in [-0.39, 0.29) is 5.91 Å².